The average Bonchev–Trinajstić information content (AvgIpc) is 2.55. The molecule has 1 aliphatic heterocycles. The molecule has 1 saturated heterocycles. The first kappa shape index (κ1) is 11.4. The first-order valence-electron chi connectivity index (χ1n) is 6.61. The van der Waals surface area contributed by atoms with Gasteiger partial charge in [0.25, 0.3) is 0 Å². The van der Waals surface area contributed by atoms with E-state index in [1.807, 2.05) is 0 Å². The van der Waals surface area contributed by atoms with E-state index in [4.69, 9.17) is 5.73 Å². The number of hydrogen-bond acceptors (Lipinski definition) is 2. The summed E-state index contributed by atoms with van der Waals surface area (Å²) in [6.45, 7) is 7.92. The normalized spacial score (nSPS) is 46.8. The van der Waals surface area contributed by atoms with Gasteiger partial charge in [0.2, 0.25) is 0 Å². The van der Waals surface area contributed by atoms with Crippen LogP contribution in [-0.2, 0) is 0 Å². The molecule has 1 saturated carbocycles. The van der Waals surface area contributed by atoms with Crippen molar-refractivity contribution in [1.82, 2.24) is 4.90 Å². The second kappa shape index (κ2) is 4.06. The third kappa shape index (κ3) is 1.72. The van der Waals surface area contributed by atoms with Crippen molar-refractivity contribution >= 4 is 0 Å². The Hall–Kier alpha value is -0.0800. The highest BCUT2D eigenvalue weighted by molar-refractivity contribution is 5.07. The SMILES string of the molecule is CCC1CCC(C)N1C1(CN)CC(C)C1. The van der Waals surface area contributed by atoms with E-state index in [0.29, 0.717) is 5.54 Å². The van der Waals surface area contributed by atoms with Crippen LogP contribution in [0.4, 0.5) is 0 Å². The van der Waals surface area contributed by atoms with Crippen LogP contribution in [0.25, 0.3) is 0 Å². The average molecular weight is 210 g/mol. The molecule has 2 rings (SSSR count). The van der Waals surface area contributed by atoms with E-state index in [1.54, 1.807) is 0 Å². The largest absolute Gasteiger partial charge is 0.329 e. The van der Waals surface area contributed by atoms with Crippen LogP contribution in [0.15, 0.2) is 0 Å². The molecule has 2 heteroatoms. The first-order chi connectivity index (χ1) is 7.13. The molecule has 0 bridgehead atoms. The third-order valence-electron chi connectivity index (χ3n) is 4.64. The van der Waals surface area contributed by atoms with E-state index in [1.165, 1.54) is 32.1 Å². The Bertz CT molecular complexity index is 221. The molecule has 0 radical (unpaired) electrons. The van der Waals surface area contributed by atoms with Crippen molar-refractivity contribution in [2.75, 3.05) is 6.54 Å². The van der Waals surface area contributed by atoms with Crippen molar-refractivity contribution in [3.8, 4) is 0 Å². The van der Waals surface area contributed by atoms with Gasteiger partial charge in [-0.05, 0) is 44.9 Å². The molecule has 15 heavy (non-hydrogen) atoms. The number of nitrogens with zero attached hydrogens (tertiary/aromatic N) is 1. The predicted octanol–water partition coefficient (Wildman–Crippen LogP) is 2.38. The van der Waals surface area contributed by atoms with Gasteiger partial charge in [0.15, 0.2) is 0 Å². The molecule has 2 aliphatic rings. The Balaban J connectivity index is 2.12. The van der Waals surface area contributed by atoms with Gasteiger partial charge in [0, 0.05) is 24.2 Å². The van der Waals surface area contributed by atoms with Crippen LogP contribution in [0.2, 0.25) is 0 Å². The van der Waals surface area contributed by atoms with Crippen LogP contribution in [0, 0.1) is 5.92 Å². The summed E-state index contributed by atoms with van der Waals surface area (Å²) in [6, 6.07) is 1.56. The van der Waals surface area contributed by atoms with Gasteiger partial charge in [-0.1, -0.05) is 13.8 Å². The number of likely N-dealkylation sites (tertiary alicyclic amines) is 1. The van der Waals surface area contributed by atoms with Crippen LogP contribution in [0.5, 0.6) is 0 Å². The molecule has 0 aromatic rings. The van der Waals surface area contributed by atoms with Crippen molar-refractivity contribution in [2.24, 2.45) is 11.7 Å². The van der Waals surface area contributed by atoms with Gasteiger partial charge in [-0.3, -0.25) is 4.90 Å². The topological polar surface area (TPSA) is 29.3 Å². The standard InChI is InChI=1S/C13H26N2/c1-4-12-6-5-11(3)15(12)13(9-14)7-10(2)8-13/h10-12H,4-9,14H2,1-3H3. The van der Waals surface area contributed by atoms with Crippen molar-refractivity contribution < 1.29 is 0 Å². The zero-order valence-corrected chi connectivity index (χ0v) is 10.5. The molecular formula is C13H26N2. The highest BCUT2D eigenvalue weighted by Crippen LogP contribution is 2.47. The van der Waals surface area contributed by atoms with Crippen LogP contribution >= 0.6 is 0 Å². The van der Waals surface area contributed by atoms with Gasteiger partial charge in [0.1, 0.15) is 0 Å². The molecule has 0 aromatic heterocycles. The second-order valence-electron chi connectivity index (χ2n) is 5.84. The minimum atomic E-state index is 0.371. The van der Waals surface area contributed by atoms with Gasteiger partial charge in [-0.15, -0.1) is 0 Å². The quantitative estimate of drug-likeness (QED) is 0.775. The molecule has 2 atom stereocenters. The molecule has 2 fully saturated rings. The summed E-state index contributed by atoms with van der Waals surface area (Å²) in [7, 11) is 0. The summed E-state index contributed by atoms with van der Waals surface area (Å²) < 4.78 is 0. The minimum absolute atomic E-state index is 0.371. The van der Waals surface area contributed by atoms with E-state index >= 15 is 0 Å². The summed E-state index contributed by atoms with van der Waals surface area (Å²) >= 11 is 0. The van der Waals surface area contributed by atoms with Gasteiger partial charge in [-0.25, -0.2) is 0 Å². The molecule has 0 spiro atoms. The Labute approximate surface area is 94.2 Å². The maximum atomic E-state index is 6.05. The summed E-state index contributed by atoms with van der Waals surface area (Å²) in [6.07, 6.45) is 6.69. The Kier molecular flexibility index (Phi) is 3.09. The first-order valence-corrected chi connectivity index (χ1v) is 6.61. The molecule has 0 aromatic carbocycles. The lowest BCUT2D eigenvalue weighted by Gasteiger charge is -2.55. The fraction of sp³-hybridized carbons (Fsp3) is 1.00. The summed E-state index contributed by atoms with van der Waals surface area (Å²) in [5.41, 5.74) is 6.42. The summed E-state index contributed by atoms with van der Waals surface area (Å²) in [4.78, 5) is 2.77. The maximum absolute atomic E-state index is 6.05. The minimum Gasteiger partial charge on any atom is -0.329 e. The van der Waals surface area contributed by atoms with Crippen molar-refractivity contribution in [1.29, 1.82) is 0 Å². The van der Waals surface area contributed by atoms with E-state index < -0.39 is 0 Å². The Morgan fingerprint density at radius 2 is 1.93 bits per heavy atom. The molecule has 1 aliphatic carbocycles. The number of rotatable bonds is 3. The summed E-state index contributed by atoms with van der Waals surface area (Å²) in [5.74, 6) is 0.888. The number of nitrogens with two attached hydrogens (primary N) is 1. The molecule has 88 valence electrons. The number of hydrogen-bond donors (Lipinski definition) is 1. The highest BCUT2D eigenvalue weighted by Gasteiger charge is 2.50. The smallest absolute Gasteiger partial charge is 0.0342 e. The molecule has 0 amide bonds. The zero-order valence-electron chi connectivity index (χ0n) is 10.5. The maximum Gasteiger partial charge on any atom is 0.0342 e. The highest BCUT2D eigenvalue weighted by atomic mass is 15.3. The zero-order chi connectivity index (χ0) is 11.1. The molecule has 1 heterocycles. The van der Waals surface area contributed by atoms with Crippen LogP contribution in [0.3, 0.4) is 0 Å². The van der Waals surface area contributed by atoms with E-state index in [9.17, 15) is 0 Å². The van der Waals surface area contributed by atoms with Gasteiger partial charge in [-0.2, -0.15) is 0 Å². The van der Waals surface area contributed by atoms with Crippen molar-refractivity contribution in [2.45, 2.75) is 70.5 Å². The van der Waals surface area contributed by atoms with E-state index in [2.05, 4.69) is 25.7 Å². The lowest BCUT2D eigenvalue weighted by atomic mass is 9.67. The van der Waals surface area contributed by atoms with Gasteiger partial charge in [0.05, 0.1) is 0 Å². The van der Waals surface area contributed by atoms with E-state index in [0.717, 1.165) is 24.5 Å². The third-order valence-corrected chi connectivity index (χ3v) is 4.64. The lowest BCUT2D eigenvalue weighted by molar-refractivity contribution is -0.0429. The monoisotopic (exact) mass is 210 g/mol. The van der Waals surface area contributed by atoms with Crippen molar-refractivity contribution in [3.05, 3.63) is 0 Å². The van der Waals surface area contributed by atoms with Crippen LogP contribution in [-0.4, -0.2) is 29.1 Å². The Morgan fingerprint density at radius 1 is 1.27 bits per heavy atom. The second-order valence-corrected chi connectivity index (χ2v) is 5.84. The Morgan fingerprint density at radius 3 is 2.40 bits per heavy atom. The molecule has 2 unspecified atom stereocenters. The molecule has 2 nitrogen and oxygen atoms in total. The van der Waals surface area contributed by atoms with E-state index in [-0.39, 0.29) is 0 Å². The summed E-state index contributed by atoms with van der Waals surface area (Å²) in [5, 5.41) is 0. The fourth-order valence-corrected chi connectivity index (χ4v) is 4.05. The van der Waals surface area contributed by atoms with Crippen LogP contribution in [0.1, 0.15) is 52.9 Å². The van der Waals surface area contributed by atoms with Gasteiger partial charge >= 0.3 is 0 Å². The molecular weight excluding hydrogens is 184 g/mol. The lowest BCUT2D eigenvalue weighted by Crippen LogP contribution is -2.64. The molecule has 2 N–H and O–H groups in total. The van der Waals surface area contributed by atoms with Crippen molar-refractivity contribution in [3.63, 3.8) is 0 Å². The fourth-order valence-electron chi connectivity index (χ4n) is 4.05. The predicted molar refractivity (Wildman–Crippen MR) is 64.8 cm³/mol. The van der Waals surface area contributed by atoms with Gasteiger partial charge < -0.3 is 5.73 Å². The van der Waals surface area contributed by atoms with Crippen LogP contribution < -0.4 is 5.73 Å².